The number of rotatable bonds is 11. The number of carboxylic acid groups (broad SMARTS) is 1. The van der Waals surface area contributed by atoms with Crippen molar-refractivity contribution in [3.8, 4) is 0 Å². The average molecular weight is 419 g/mol. The lowest BCUT2D eigenvalue weighted by Gasteiger charge is -2.25. The molecule has 4 unspecified atom stereocenters. The highest BCUT2D eigenvalue weighted by Gasteiger charge is 2.31. The molecule has 0 bridgehead atoms. The number of hydrogen-bond donors (Lipinski definition) is 7. The Kier molecular flexibility index (Phi) is 10.3. The first-order valence-electron chi connectivity index (χ1n) is 9.28. The van der Waals surface area contributed by atoms with E-state index in [2.05, 4.69) is 33.9 Å². The van der Waals surface area contributed by atoms with E-state index < -0.39 is 42.5 Å². The lowest BCUT2D eigenvalue weighted by molar-refractivity contribution is -0.143. The molecule has 0 radical (unpaired) electrons. The molecule has 1 aliphatic rings. The highest BCUT2D eigenvalue weighted by molar-refractivity contribution is 7.80. The average Bonchev–Trinajstić information content (AvgIpc) is 3.17. The predicted molar refractivity (Wildman–Crippen MR) is 105 cm³/mol. The van der Waals surface area contributed by atoms with Crippen LogP contribution in [0.25, 0.3) is 0 Å². The molecule has 1 fully saturated rings. The van der Waals surface area contributed by atoms with Crippen molar-refractivity contribution in [2.24, 2.45) is 5.92 Å². The van der Waals surface area contributed by atoms with Crippen LogP contribution in [0.4, 0.5) is 0 Å². The fourth-order valence-electron chi connectivity index (χ4n) is 2.81. The zero-order valence-corrected chi connectivity index (χ0v) is 17.0. The van der Waals surface area contributed by atoms with Crippen molar-refractivity contribution in [2.45, 2.75) is 57.3 Å². The minimum absolute atomic E-state index is 0.0280. The summed E-state index contributed by atoms with van der Waals surface area (Å²) < 4.78 is 0. The molecule has 10 nitrogen and oxygen atoms in total. The number of carbonyl (C=O) groups excluding carboxylic acids is 3. The molecule has 11 heteroatoms. The first-order valence-corrected chi connectivity index (χ1v) is 9.91. The summed E-state index contributed by atoms with van der Waals surface area (Å²) in [6.07, 6.45) is 1.82. The van der Waals surface area contributed by atoms with Gasteiger partial charge in [-0.25, -0.2) is 4.79 Å². The van der Waals surface area contributed by atoms with Gasteiger partial charge in [-0.3, -0.25) is 14.4 Å². The van der Waals surface area contributed by atoms with Crippen LogP contribution in [0, 0.1) is 5.92 Å². The van der Waals surface area contributed by atoms with Crippen LogP contribution in [0.3, 0.4) is 0 Å². The molecule has 28 heavy (non-hydrogen) atoms. The third-order valence-corrected chi connectivity index (χ3v) is 4.69. The Morgan fingerprint density at radius 2 is 1.68 bits per heavy atom. The van der Waals surface area contributed by atoms with Crippen molar-refractivity contribution in [3.63, 3.8) is 0 Å². The lowest BCUT2D eigenvalue weighted by atomic mass is 10.0. The number of thiol groups is 1. The van der Waals surface area contributed by atoms with Crippen LogP contribution >= 0.6 is 12.6 Å². The standard InChI is InChI=1S/C17H30N4O6S/c1-9(2)6-11(15(24)20-12(7-22)17(26)27)19-16(25)13(8-28)21-14(23)10-4-3-5-18-10/h9-13,18,22,28H,3-8H2,1-2H3,(H,19,25)(H,20,24)(H,21,23)(H,26,27). The van der Waals surface area contributed by atoms with Gasteiger partial charge in [-0.1, -0.05) is 13.8 Å². The number of aliphatic hydroxyl groups is 1. The van der Waals surface area contributed by atoms with Gasteiger partial charge in [0.05, 0.1) is 12.6 Å². The molecule has 1 rings (SSSR count). The molecule has 0 aliphatic carbocycles. The largest absolute Gasteiger partial charge is 0.480 e. The van der Waals surface area contributed by atoms with Crippen LogP contribution in [-0.4, -0.2) is 77.0 Å². The summed E-state index contributed by atoms with van der Waals surface area (Å²) in [6, 6.07) is -3.77. The summed E-state index contributed by atoms with van der Waals surface area (Å²) in [5.74, 6) is -2.92. The van der Waals surface area contributed by atoms with Crippen molar-refractivity contribution < 1.29 is 29.4 Å². The Labute approximate surface area is 169 Å². The van der Waals surface area contributed by atoms with E-state index in [1.165, 1.54) is 0 Å². The van der Waals surface area contributed by atoms with Crippen LogP contribution in [0.2, 0.25) is 0 Å². The minimum atomic E-state index is -1.46. The lowest BCUT2D eigenvalue weighted by Crippen LogP contribution is -2.58. The molecule has 0 spiro atoms. The summed E-state index contributed by atoms with van der Waals surface area (Å²) in [4.78, 5) is 48.2. The van der Waals surface area contributed by atoms with Crippen molar-refractivity contribution in [1.82, 2.24) is 21.3 Å². The van der Waals surface area contributed by atoms with Crippen molar-refractivity contribution >= 4 is 36.3 Å². The molecule has 160 valence electrons. The van der Waals surface area contributed by atoms with Gasteiger partial charge in [0.15, 0.2) is 0 Å². The van der Waals surface area contributed by atoms with Gasteiger partial charge in [0, 0.05) is 5.75 Å². The molecule has 4 atom stereocenters. The van der Waals surface area contributed by atoms with Crippen molar-refractivity contribution in [3.05, 3.63) is 0 Å². The third-order valence-electron chi connectivity index (χ3n) is 4.33. The van der Waals surface area contributed by atoms with E-state index in [4.69, 9.17) is 10.2 Å². The highest BCUT2D eigenvalue weighted by Crippen LogP contribution is 2.08. The highest BCUT2D eigenvalue weighted by atomic mass is 32.1. The van der Waals surface area contributed by atoms with Gasteiger partial charge < -0.3 is 31.5 Å². The quantitative estimate of drug-likeness (QED) is 0.196. The van der Waals surface area contributed by atoms with Crippen LogP contribution in [0.15, 0.2) is 0 Å². The van der Waals surface area contributed by atoms with E-state index in [0.29, 0.717) is 6.42 Å². The molecule has 0 aromatic carbocycles. The fraction of sp³-hybridized carbons (Fsp3) is 0.765. The molecule has 6 N–H and O–H groups in total. The molecule has 1 heterocycles. The number of carbonyl (C=O) groups is 4. The third kappa shape index (κ3) is 7.64. The van der Waals surface area contributed by atoms with E-state index in [-0.39, 0.29) is 30.0 Å². The van der Waals surface area contributed by atoms with E-state index in [9.17, 15) is 19.2 Å². The second kappa shape index (κ2) is 11.9. The van der Waals surface area contributed by atoms with Gasteiger partial charge >= 0.3 is 5.97 Å². The van der Waals surface area contributed by atoms with E-state index >= 15 is 0 Å². The maximum absolute atomic E-state index is 12.6. The van der Waals surface area contributed by atoms with Gasteiger partial charge in [-0.05, 0) is 31.7 Å². The summed E-state index contributed by atoms with van der Waals surface area (Å²) in [5.41, 5.74) is 0. The zero-order valence-electron chi connectivity index (χ0n) is 16.1. The number of amides is 3. The molecule has 1 saturated heterocycles. The minimum Gasteiger partial charge on any atom is -0.480 e. The zero-order chi connectivity index (χ0) is 21.3. The SMILES string of the molecule is CC(C)CC(NC(=O)C(CS)NC(=O)C1CCCN1)C(=O)NC(CO)C(=O)O. The Morgan fingerprint density at radius 1 is 1.07 bits per heavy atom. The first kappa shape index (κ1) is 24.2. The smallest absolute Gasteiger partial charge is 0.328 e. The van der Waals surface area contributed by atoms with Crippen molar-refractivity contribution in [1.29, 1.82) is 0 Å². The Bertz CT molecular complexity index is 568. The topological polar surface area (TPSA) is 157 Å². The maximum Gasteiger partial charge on any atom is 0.328 e. The number of hydrogen-bond acceptors (Lipinski definition) is 7. The van der Waals surface area contributed by atoms with Gasteiger partial charge in [-0.15, -0.1) is 0 Å². The molecular weight excluding hydrogens is 388 g/mol. The van der Waals surface area contributed by atoms with Gasteiger partial charge in [0.1, 0.15) is 18.1 Å². The second-order valence-electron chi connectivity index (χ2n) is 7.17. The second-order valence-corrected chi connectivity index (χ2v) is 7.53. The number of aliphatic carboxylic acids is 1. The summed E-state index contributed by atoms with van der Waals surface area (Å²) >= 11 is 4.11. The Morgan fingerprint density at radius 3 is 2.14 bits per heavy atom. The first-order chi connectivity index (χ1) is 13.2. The predicted octanol–water partition coefficient (Wildman–Crippen LogP) is -1.75. The van der Waals surface area contributed by atoms with Crippen LogP contribution in [0.5, 0.6) is 0 Å². The van der Waals surface area contributed by atoms with E-state index in [1.54, 1.807) is 0 Å². The van der Waals surface area contributed by atoms with Gasteiger partial charge in [0.25, 0.3) is 0 Å². The van der Waals surface area contributed by atoms with E-state index in [0.717, 1.165) is 13.0 Å². The van der Waals surface area contributed by atoms with Gasteiger partial charge in [0.2, 0.25) is 17.7 Å². The van der Waals surface area contributed by atoms with Crippen molar-refractivity contribution in [2.75, 3.05) is 18.9 Å². The molecule has 0 aromatic rings. The number of aliphatic hydroxyl groups excluding tert-OH is 1. The maximum atomic E-state index is 12.6. The van der Waals surface area contributed by atoms with Gasteiger partial charge in [-0.2, -0.15) is 12.6 Å². The Balaban J connectivity index is 2.76. The summed E-state index contributed by atoms with van der Waals surface area (Å²) in [6.45, 7) is 3.66. The fourth-order valence-corrected chi connectivity index (χ4v) is 3.06. The summed E-state index contributed by atoms with van der Waals surface area (Å²) in [7, 11) is 0. The number of carboxylic acids is 1. The molecular formula is C17H30N4O6S. The number of nitrogens with one attached hydrogen (secondary N) is 4. The van der Waals surface area contributed by atoms with Crippen LogP contribution in [-0.2, 0) is 19.2 Å². The van der Waals surface area contributed by atoms with E-state index in [1.807, 2.05) is 13.8 Å². The Hall–Kier alpha value is -1.85. The normalized spacial score (nSPS) is 19.5. The monoisotopic (exact) mass is 418 g/mol. The van der Waals surface area contributed by atoms with Crippen LogP contribution in [0.1, 0.15) is 33.1 Å². The summed E-state index contributed by atoms with van der Waals surface area (Å²) in [5, 5.41) is 28.5. The molecule has 0 aromatic heterocycles. The van der Waals surface area contributed by atoms with Crippen LogP contribution < -0.4 is 21.3 Å². The molecule has 3 amide bonds. The molecule has 1 aliphatic heterocycles. The molecule has 0 saturated carbocycles.